The van der Waals surface area contributed by atoms with Crippen molar-refractivity contribution in [3.63, 3.8) is 0 Å². The minimum Gasteiger partial charge on any atom is -0.354 e. The lowest BCUT2D eigenvalue weighted by Gasteiger charge is -2.33. The summed E-state index contributed by atoms with van der Waals surface area (Å²) in [7, 11) is 5.35. The molecule has 2 N–H and O–H groups in total. The van der Waals surface area contributed by atoms with Gasteiger partial charge in [-0.05, 0) is 44.6 Å². The third-order valence-corrected chi connectivity index (χ3v) is 5.82. The quantitative estimate of drug-likeness (QED) is 0.523. The van der Waals surface area contributed by atoms with Crippen molar-refractivity contribution in [2.45, 2.75) is 31.5 Å². The summed E-state index contributed by atoms with van der Waals surface area (Å²) in [6, 6.07) is 14.4. The predicted molar refractivity (Wildman–Crippen MR) is 122 cm³/mol. The molecule has 0 bridgehead atoms. The Morgan fingerprint density at radius 1 is 1.06 bits per heavy atom. The Balaban J connectivity index is 1.51. The van der Waals surface area contributed by atoms with E-state index in [0.29, 0.717) is 18.5 Å². The van der Waals surface area contributed by atoms with Gasteiger partial charge >= 0.3 is 0 Å². The van der Waals surface area contributed by atoms with Crippen LogP contribution in [0.2, 0.25) is 0 Å². The molecular formula is C24H33F2N5. The van der Waals surface area contributed by atoms with E-state index in [9.17, 15) is 8.78 Å². The highest BCUT2D eigenvalue weighted by Gasteiger charge is 2.24. The Morgan fingerprint density at radius 2 is 1.71 bits per heavy atom. The molecule has 1 unspecified atom stereocenters. The number of rotatable bonds is 7. The van der Waals surface area contributed by atoms with Crippen LogP contribution in [-0.4, -0.2) is 62.6 Å². The minimum absolute atomic E-state index is 0.0738. The van der Waals surface area contributed by atoms with Gasteiger partial charge in [-0.25, -0.2) is 8.78 Å². The third-order valence-electron chi connectivity index (χ3n) is 5.82. The SMILES string of the molecule is CN=C(NCC(c1c(F)cccc1F)N(C)C)NC1CCN(Cc2ccccc2)CC1. The van der Waals surface area contributed by atoms with Gasteiger partial charge in [-0.3, -0.25) is 9.89 Å². The number of guanidine groups is 1. The maximum atomic E-state index is 14.3. The van der Waals surface area contributed by atoms with Crippen molar-refractivity contribution >= 4 is 5.96 Å². The number of nitrogens with one attached hydrogen (secondary N) is 2. The first kappa shape index (κ1) is 23.2. The van der Waals surface area contributed by atoms with Crippen molar-refractivity contribution in [1.29, 1.82) is 0 Å². The zero-order chi connectivity index (χ0) is 22.2. The smallest absolute Gasteiger partial charge is 0.191 e. The highest BCUT2D eigenvalue weighted by Crippen LogP contribution is 2.24. The second kappa shape index (κ2) is 11.2. The van der Waals surface area contributed by atoms with Gasteiger partial charge in [0.2, 0.25) is 0 Å². The summed E-state index contributed by atoms with van der Waals surface area (Å²) in [5.41, 5.74) is 1.41. The predicted octanol–water partition coefficient (Wildman–Crippen LogP) is 3.40. The number of piperidine rings is 1. The van der Waals surface area contributed by atoms with Crippen molar-refractivity contribution in [3.8, 4) is 0 Å². The zero-order valence-corrected chi connectivity index (χ0v) is 18.6. The van der Waals surface area contributed by atoms with Crippen molar-refractivity contribution in [1.82, 2.24) is 20.4 Å². The molecule has 0 aliphatic carbocycles. The molecule has 0 amide bonds. The van der Waals surface area contributed by atoms with Gasteiger partial charge in [0.15, 0.2) is 5.96 Å². The standard InChI is InChI=1S/C24H33F2N5/c1-27-24(28-16-22(30(2)3)23-20(25)10-7-11-21(23)26)29-19-12-14-31(15-13-19)17-18-8-5-4-6-9-18/h4-11,19,22H,12-17H2,1-3H3,(H2,27,28,29). The average molecular weight is 430 g/mol. The summed E-state index contributed by atoms with van der Waals surface area (Å²) < 4.78 is 28.6. The Hall–Kier alpha value is -2.51. The molecule has 2 aromatic carbocycles. The molecule has 0 spiro atoms. The van der Waals surface area contributed by atoms with Gasteiger partial charge in [0, 0.05) is 44.8 Å². The average Bonchev–Trinajstić information content (AvgIpc) is 2.76. The zero-order valence-electron chi connectivity index (χ0n) is 18.6. The fraction of sp³-hybridized carbons (Fsp3) is 0.458. The highest BCUT2D eigenvalue weighted by molar-refractivity contribution is 5.80. The van der Waals surface area contributed by atoms with Gasteiger partial charge in [0.05, 0.1) is 6.04 Å². The number of benzene rings is 2. The van der Waals surface area contributed by atoms with Crippen LogP contribution in [0.3, 0.4) is 0 Å². The van der Waals surface area contributed by atoms with Gasteiger partial charge in [-0.1, -0.05) is 36.4 Å². The number of halogens is 2. The molecule has 1 atom stereocenters. The molecule has 1 saturated heterocycles. The van der Waals surface area contributed by atoms with Gasteiger partial charge < -0.3 is 15.5 Å². The van der Waals surface area contributed by atoms with Crippen LogP contribution in [0.15, 0.2) is 53.5 Å². The molecule has 1 aliphatic rings. The van der Waals surface area contributed by atoms with E-state index in [0.717, 1.165) is 32.5 Å². The van der Waals surface area contributed by atoms with Crippen LogP contribution in [0.4, 0.5) is 8.78 Å². The van der Waals surface area contributed by atoms with E-state index in [-0.39, 0.29) is 5.56 Å². The van der Waals surface area contributed by atoms with E-state index in [2.05, 4.69) is 44.8 Å². The fourth-order valence-electron chi connectivity index (χ4n) is 4.03. The van der Waals surface area contributed by atoms with Crippen molar-refractivity contribution in [3.05, 3.63) is 71.3 Å². The van der Waals surface area contributed by atoms with Crippen LogP contribution in [0.5, 0.6) is 0 Å². The lowest BCUT2D eigenvalue weighted by molar-refractivity contribution is 0.198. The van der Waals surface area contributed by atoms with Crippen LogP contribution < -0.4 is 10.6 Å². The molecule has 5 nitrogen and oxygen atoms in total. The van der Waals surface area contributed by atoms with E-state index >= 15 is 0 Å². The summed E-state index contributed by atoms with van der Waals surface area (Å²) in [6.07, 6.45) is 2.04. The molecule has 1 heterocycles. The van der Waals surface area contributed by atoms with Crippen molar-refractivity contribution < 1.29 is 8.78 Å². The van der Waals surface area contributed by atoms with Crippen LogP contribution in [-0.2, 0) is 6.54 Å². The first-order valence-corrected chi connectivity index (χ1v) is 10.8. The lowest BCUT2D eigenvalue weighted by Crippen LogP contribution is -2.49. The third kappa shape index (κ3) is 6.48. The Labute approximate surface area is 184 Å². The monoisotopic (exact) mass is 429 g/mol. The van der Waals surface area contributed by atoms with E-state index in [1.807, 2.05) is 25.1 Å². The molecule has 2 aromatic rings. The lowest BCUT2D eigenvalue weighted by atomic mass is 10.0. The molecule has 1 fully saturated rings. The molecular weight excluding hydrogens is 396 g/mol. The molecule has 3 rings (SSSR count). The molecule has 31 heavy (non-hydrogen) atoms. The molecule has 0 aromatic heterocycles. The molecule has 0 saturated carbocycles. The number of nitrogens with zero attached hydrogens (tertiary/aromatic N) is 3. The van der Waals surface area contributed by atoms with Gasteiger partial charge in [-0.2, -0.15) is 0 Å². The highest BCUT2D eigenvalue weighted by atomic mass is 19.1. The van der Waals surface area contributed by atoms with Crippen LogP contribution in [0.1, 0.15) is 30.0 Å². The number of likely N-dealkylation sites (tertiary alicyclic amines) is 1. The molecule has 168 valence electrons. The molecule has 0 radical (unpaired) electrons. The fourth-order valence-corrected chi connectivity index (χ4v) is 4.03. The summed E-state index contributed by atoms with van der Waals surface area (Å²) in [5, 5.41) is 6.72. The first-order chi connectivity index (χ1) is 15.0. The Bertz CT molecular complexity index is 828. The Kier molecular flexibility index (Phi) is 8.37. The van der Waals surface area contributed by atoms with Crippen LogP contribution in [0, 0.1) is 11.6 Å². The largest absolute Gasteiger partial charge is 0.354 e. The van der Waals surface area contributed by atoms with E-state index in [1.165, 1.54) is 23.8 Å². The van der Waals surface area contributed by atoms with Gasteiger partial charge in [0.1, 0.15) is 11.6 Å². The first-order valence-electron chi connectivity index (χ1n) is 10.8. The number of hydrogen-bond donors (Lipinski definition) is 2. The number of aliphatic imine (C=N–C) groups is 1. The van der Waals surface area contributed by atoms with Gasteiger partial charge in [-0.15, -0.1) is 0 Å². The van der Waals surface area contributed by atoms with E-state index in [1.54, 1.807) is 7.05 Å². The van der Waals surface area contributed by atoms with Crippen LogP contribution in [0.25, 0.3) is 0 Å². The summed E-state index contributed by atoms with van der Waals surface area (Å²) in [5.74, 6) is -0.409. The second-order valence-corrected chi connectivity index (χ2v) is 8.25. The van der Waals surface area contributed by atoms with E-state index in [4.69, 9.17) is 0 Å². The van der Waals surface area contributed by atoms with Crippen molar-refractivity contribution in [2.75, 3.05) is 40.8 Å². The van der Waals surface area contributed by atoms with Crippen LogP contribution >= 0.6 is 0 Å². The molecule has 1 aliphatic heterocycles. The Morgan fingerprint density at radius 3 is 2.29 bits per heavy atom. The van der Waals surface area contributed by atoms with Crippen molar-refractivity contribution in [2.24, 2.45) is 4.99 Å². The number of hydrogen-bond acceptors (Lipinski definition) is 3. The van der Waals surface area contributed by atoms with E-state index < -0.39 is 17.7 Å². The molecule has 7 heteroatoms. The maximum absolute atomic E-state index is 14.3. The summed E-state index contributed by atoms with van der Waals surface area (Å²) in [4.78, 5) is 8.59. The topological polar surface area (TPSA) is 42.9 Å². The normalized spacial score (nSPS) is 17.0. The van der Waals surface area contributed by atoms with Gasteiger partial charge in [0.25, 0.3) is 0 Å². The summed E-state index contributed by atoms with van der Waals surface area (Å²) in [6.45, 7) is 3.35. The summed E-state index contributed by atoms with van der Waals surface area (Å²) >= 11 is 0. The maximum Gasteiger partial charge on any atom is 0.191 e. The second-order valence-electron chi connectivity index (χ2n) is 8.25. The number of likely N-dealkylation sites (N-methyl/N-ethyl adjacent to an activating group) is 1. The minimum atomic E-state index is -0.533.